The molecule has 1 N–H and O–H groups in total. The Labute approximate surface area is 169 Å². The van der Waals surface area contributed by atoms with Crippen LogP contribution in [0, 0.1) is 0 Å². The minimum Gasteiger partial charge on any atom is -0.489 e. The number of halogens is 1. The molecule has 0 spiro atoms. The van der Waals surface area contributed by atoms with Crippen molar-refractivity contribution in [3.63, 3.8) is 0 Å². The maximum atomic E-state index is 12.8. The third kappa shape index (κ3) is 4.98. The first kappa shape index (κ1) is 20.1. The number of benzene rings is 1. The van der Waals surface area contributed by atoms with Crippen molar-refractivity contribution in [3.8, 4) is 5.75 Å². The number of likely N-dealkylation sites (tertiary alicyclic amines) is 1. The number of rotatable bonds is 5. The Hall–Kier alpha value is -2.67. The summed E-state index contributed by atoms with van der Waals surface area (Å²) in [5, 5.41) is 3.38. The van der Waals surface area contributed by atoms with Gasteiger partial charge in [-0.2, -0.15) is 0 Å². The van der Waals surface area contributed by atoms with Crippen LogP contribution in [-0.4, -0.2) is 45.9 Å². The van der Waals surface area contributed by atoms with Crippen LogP contribution in [0.3, 0.4) is 0 Å². The average molecular weight is 403 g/mol. The van der Waals surface area contributed by atoms with Gasteiger partial charge in [-0.05, 0) is 31.2 Å². The highest BCUT2D eigenvalue weighted by Crippen LogP contribution is 2.27. The van der Waals surface area contributed by atoms with E-state index in [1.165, 1.54) is 6.33 Å². The summed E-state index contributed by atoms with van der Waals surface area (Å²) in [5.41, 5.74) is 1.09. The molecule has 0 saturated carbocycles. The molecule has 0 aliphatic carbocycles. The Morgan fingerprint density at radius 2 is 2.04 bits per heavy atom. The molecule has 2 heterocycles. The molecular formula is C20H23ClN4O3. The van der Waals surface area contributed by atoms with Gasteiger partial charge < -0.3 is 15.0 Å². The van der Waals surface area contributed by atoms with E-state index in [9.17, 15) is 9.59 Å². The van der Waals surface area contributed by atoms with Crippen LogP contribution >= 0.6 is 11.6 Å². The van der Waals surface area contributed by atoms with Crippen LogP contribution in [0.4, 0.5) is 0 Å². The van der Waals surface area contributed by atoms with Gasteiger partial charge >= 0.3 is 0 Å². The van der Waals surface area contributed by atoms with Crippen molar-refractivity contribution in [3.05, 3.63) is 53.1 Å². The Bertz CT molecular complexity index is 839. The highest BCUT2D eigenvalue weighted by Gasteiger charge is 2.24. The van der Waals surface area contributed by atoms with Crippen molar-refractivity contribution in [1.29, 1.82) is 0 Å². The first-order valence-electron chi connectivity index (χ1n) is 9.22. The molecule has 148 valence electrons. The van der Waals surface area contributed by atoms with E-state index < -0.39 is 0 Å². The SMILES string of the molecule is CC(=O)N1CCC(Oc2ccc(Cl)cc2C(=O)NC(C)c2ccncn2)CC1. The van der Waals surface area contributed by atoms with Crippen LogP contribution in [0.25, 0.3) is 0 Å². The van der Waals surface area contributed by atoms with Gasteiger partial charge in [-0.15, -0.1) is 0 Å². The lowest BCUT2D eigenvalue weighted by molar-refractivity contribution is -0.130. The topological polar surface area (TPSA) is 84.4 Å². The molecule has 28 heavy (non-hydrogen) atoms. The summed E-state index contributed by atoms with van der Waals surface area (Å²) >= 11 is 6.11. The lowest BCUT2D eigenvalue weighted by atomic mass is 10.1. The van der Waals surface area contributed by atoms with Crippen LogP contribution in [-0.2, 0) is 4.79 Å². The third-order valence-corrected chi connectivity index (χ3v) is 5.00. The summed E-state index contributed by atoms with van der Waals surface area (Å²) in [6.45, 7) is 4.73. The summed E-state index contributed by atoms with van der Waals surface area (Å²) in [7, 11) is 0. The molecule has 0 bridgehead atoms. The molecule has 1 aliphatic rings. The van der Waals surface area contributed by atoms with Gasteiger partial charge in [-0.3, -0.25) is 9.59 Å². The molecule has 7 nitrogen and oxygen atoms in total. The van der Waals surface area contributed by atoms with Crippen molar-refractivity contribution in [2.75, 3.05) is 13.1 Å². The quantitative estimate of drug-likeness (QED) is 0.831. The van der Waals surface area contributed by atoms with E-state index in [4.69, 9.17) is 16.3 Å². The van der Waals surface area contributed by atoms with E-state index in [0.717, 1.165) is 12.8 Å². The second kappa shape index (κ2) is 9.01. The third-order valence-electron chi connectivity index (χ3n) is 4.76. The number of piperidine rings is 1. The number of carbonyl (C=O) groups excluding carboxylic acids is 2. The Balaban J connectivity index is 1.70. The number of carbonyl (C=O) groups is 2. The fourth-order valence-electron chi connectivity index (χ4n) is 3.16. The number of ether oxygens (including phenoxy) is 1. The number of aromatic nitrogens is 2. The number of amides is 2. The summed E-state index contributed by atoms with van der Waals surface area (Å²) in [6.07, 6.45) is 4.47. The predicted octanol–water partition coefficient (Wildman–Crippen LogP) is 3.01. The van der Waals surface area contributed by atoms with Gasteiger partial charge in [0.25, 0.3) is 5.91 Å². The standard InChI is InChI=1S/C20H23ClN4O3/c1-13(18-5-8-22-12-23-18)24-20(27)17-11-15(21)3-4-19(17)28-16-6-9-25(10-7-16)14(2)26/h3-5,8,11-13,16H,6-7,9-10H2,1-2H3,(H,24,27). The Morgan fingerprint density at radius 1 is 1.29 bits per heavy atom. The van der Waals surface area contributed by atoms with E-state index in [0.29, 0.717) is 35.1 Å². The second-order valence-corrected chi connectivity index (χ2v) is 7.23. The Morgan fingerprint density at radius 3 is 2.68 bits per heavy atom. The van der Waals surface area contributed by atoms with Gasteiger partial charge in [-0.25, -0.2) is 9.97 Å². The average Bonchev–Trinajstić information content (AvgIpc) is 2.70. The lowest BCUT2D eigenvalue weighted by Crippen LogP contribution is -2.40. The van der Waals surface area contributed by atoms with E-state index in [2.05, 4.69) is 15.3 Å². The molecule has 1 aromatic carbocycles. The molecule has 8 heteroatoms. The largest absolute Gasteiger partial charge is 0.489 e. The summed E-state index contributed by atoms with van der Waals surface area (Å²) in [4.78, 5) is 34.2. The minimum atomic E-state index is -0.291. The van der Waals surface area contributed by atoms with Gasteiger partial charge in [0.05, 0.1) is 17.3 Å². The van der Waals surface area contributed by atoms with Gasteiger partial charge in [0.1, 0.15) is 18.2 Å². The first-order valence-corrected chi connectivity index (χ1v) is 9.60. The zero-order valence-electron chi connectivity index (χ0n) is 15.9. The number of nitrogens with zero attached hydrogens (tertiary/aromatic N) is 3. The fourth-order valence-corrected chi connectivity index (χ4v) is 3.33. The van der Waals surface area contributed by atoms with Crippen LogP contribution in [0.1, 0.15) is 48.8 Å². The van der Waals surface area contributed by atoms with Gasteiger partial charge in [-0.1, -0.05) is 11.6 Å². The molecule has 1 aliphatic heterocycles. The number of hydrogen-bond acceptors (Lipinski definition) is 5. The highest BCUT2D eigenvalue weighted by atomic mass is 35.5. The summed E-state index contributed by atoms with van der Waals surface area (Å²) in [6, 6.07) is 6.48. The van der Waals surface area contributed by atoms with Gasteiger partial charge in [0.2, 0.25) is 5.91 Å². The molecule has 0 radical (unpaired) electrons. The number of nitrogens with one attached hydrogen (secondary N) is 1. The molecule has 1 fully saturated rings. The van der Waals surface area contributed by atoms with Crippen molar-refractivity contribution >= 4 is 23.4 Å². The summed E-state index contributed by atoms with van der Waals surface area (Å²) in [5.74, 6) is 0.270. The molecule has 2 amide bonds. The molecule has 1 atom stereocenters. The van der Waals surface area contributed by atoms with Gasteiger partial charge in [0.15, 0.2) is 0 Å². The van der Waals surface area contributed by atoms with Gasteiger partial charge in [0, 0.05) is 44.1 Å². The van der Waals surface area contributed by atoms with Crippen LogP contribution in [0.2, 0.25) is 5.02 Å². The van der Waals surface area contributed by atoms with Crippen molar-refractivity contribution in [1.82, 2.24) is 20.2 Å². The number of hydrogen-bond donors (Lipinski definition) is 1. The van der Waals surface area contributed by atoms with Crippen molar-refractivity contribution in [2.24, 2.45) is 0 Å². The molecule has 1 unspecified atom stereocenters. The highest BCUT2D eigenvalue weighted by molar-refractivity contribution is 6.31. The molecule has 3 rings (SSSR count). The normalized spacial score (nSPS) is 15.8. The monoisotopic (exact) mass is 402 g/mol. The van der Waals surface area contributed by atoms with E-state index in [1.807, 2.05) is 6.92 Å². The van der Waals surface area contributed by atoms with E-state index in [-0.39, 0.29) is 24.0 Å². The fraction of sp³-hybridized carbons (Fsp3) is 0.400. The van der Waals surface area contributed by atoms with Crippen LogP contribution < -0.4 is 10.1 Å². The molecule has 2 aromatic rings. The van der Waals surface area contributed by atoms with Crippen LogP contribution in [0.15, 0.2) is 36.8 Å². The lowest BCUT2D eigenvalue weighted by Gasteiger charge is -2.31. The predicted molar refractivity (Wildman–Crippen MR) is 105 cm³/mol. The zero-order valence-corrected chi connectivity index (χ0v) is 16.6. The summed E-state index contributed by atoms with van der Waals surface area (Å²) < 4.78 is 6.09. The smallest absolute Gasteiger partial charge is 0.255 e. The van der Waals surface area contributed by atoms with E-state index in [1.54, 1.807) is 42.3 Å². The van der Waals surface area contributed by atoms with Crippen LogP contribution in [0.5, 0.6) is 5.75 Å². The van der Waals surface area contributed by atoms with Crippen molar-refractivity contribution in [2.45, 2.75) is 38.8 Å². The maximum absolute atomic E-state index is 12.8. The maximum Gasteiger partial charge on any atom is 0.255 e. The first-order chi connectivity index (χ1) is 13.4. The Kier molecular flexibility index (Phi) is 6.46. The zero-order chi connectivity index (χ0) is 20.1. The molecule has 1 saturated heterocycles. The molecule has 1 aromatic heterocycles. The second-order valence-electron chi connectivity index (χ2n) is 6.79. The van der Waals surface area contributed by atoms with Crippen molar-refractivity contribution < 1.29 is 14.3 Å². The van der Waals surface area contributed by atoms with E-state index >= 15 is 0 Å². The molecular weight excluding hydrogens is 380 g/mol. The minimum absolute atomic E-state index is 0.0531.